The summed E-state index contributed by atoms with van der Waals surface area (Å²) >= 11 is 0. The monoisotopic (exact) mass is 304 g/mol. The summed E-state index contributed by atoms with van der Waals surface area (Å²) in [7, 11) is 0. The summed E-state index contributed by atoms with van der Waals surface area (Å²) in [6.07, 6.45) is 4.21. The van der Waals surface area contributed by atoms with Gasteiger partial charge in [0.25, 0.3) is 5.91 Å². The molecular weight excluding hydrogens is 280 g/mol. The number of hydrogen-bond donors (Lipinski definition) is 0. The van der Waals surface area contributed by atoms with Crippen molar-refractivity contribution in [2.75, 3.05) is 13.1 Å². The van der Waals surface area contributed by atoms with Gasteiger partial charge in [-0.2, -0.15) is 5.10 Å². The Kier molecular flexibility index (Phi) is 4.18. The number of oxime groups is 1. The maximum Gasteiger partial charge on any atom is 0.266 e. The number of carbonyl (C=O) groups is 1. The van der Waals surface area contributed by atoms with E-state index in [1.165, 1.54) is 0 Å². The summed E-state index contributed by atoms with van der Waals surface area (Å²) in [5, 5.41) is 8.57. The molecule has 1 saturated heterocycles. The lowest BCUT2D eigenvalue weighted by Crippen LogP contribution is -2.43. The molecule has 6 nitrogen and oxygen atoms in total. The molecule has 1 atom stereocenters. The Balaban J connectivity index is 1.63. The van der Waals surface area contributed by atoms with Crippen molar-refractivity contribution in [1.82, 2.24) is 14.7 Å². The van der Waals surface area contributed by atoms with E-state index in [4.69, 9.17) is 4.84 Å². The van der Waals surface area contributed by atoms with Crippen molar-refractivity contribution in [1.29, 1.82) is 0 Å². The smallest absolute Gasteiger partial charge is 0.266 e. The Labute approximate surface area is 131 Å². The van der Waals surface area contributed by atoms with Gasteiger partial charge in [-0.25, -0.2) is 0 Å². The van der Waals surface area contributed by atoms with E-state index in [0.717, 1.165) is 49.4 Å². The molecule has 6 heteroatoms. The third kappa shape index (κ3) is 2.87. The lowest BCUT2D eigenvalue weighted by atomic mass is 9.98. The van der Waals surface area contributed by atoms with Crippen LogP contribution < -0.4 is 0 Å². The first-order chi connectivity index (χ1) is 10.6. The molecule has 0 N–H and O–H groups in total. The molecular formula is C16H24N4O2. The van der Waals surface area contributed by atoms with Crippen LogP contribution >= 0.6 is 0 Å². The van der Waals surface area contributed by atoms with Crippen LogP contribution in [-0.4, -0.2) is 45.5 Å². The van der Waals surface area contributed by atoms with Crippen LogP contribution in [0.1, 0.15) is 44.4 Å². The molecule has 0 bridgehead atoms. The molecule has 0 aromatic carbocycles. The number of amides is 1. The molecule has 1 fully saturated rings. The zero-order chi connectivity index (χ0) is 15.7. The van der Waals surface area contributed by atoms with Crippen LogP contribution in [-0.2, 0) is 16.2 Å². The molecule has 3 rings (SSSR count). The number of aromatic nitrogens is 2. The number of nitrogens with zero attached hydrogens (tertiary/aromatic N) is 4. The van der Waals surface area contributed by atoms with Crippen molar-refractivity contribution in [3.8, 4) is 0 Å². The van der Waals surface area contributed by atoms with E-state index >= 15 is 0 Å². The van der Waals surface area contributed by atoms with Crippen LogP contribution in [0.15, 0.2) is 11.4 Å². The van der Waals surface area contributed by atoms with Gasteiger partial charge in [0.05, 0.1) is 11.4 Å². The van der Waals surface area contributed by atoms with Crippen LogP contribution in [0.4, 0.5) is 0 Å². The van der Waals surface area contributed by atoms with Crippen molar-refractivity contribution in [2.24, 2.45) is 11.1 Å². The third-order valence-corrected chi connectivity index (χ3v) is 4.62. The molecule has 1 aromatic heterocycles. The molecule has 3 heterocycles. The molecule has 22 heavy (non-hydrogen) atoms. The van der Waals surface area contributed by atoms with Crippen molar-refractivity contribution in [2.45, 2.75) is 52.7 Å². The largest absolute Gasteiger partial charge is 0.382 e. The molecule has 120 valence electrons. The zero-order valence-corrected chi connectivity index (χ0v) is 13.6. The van der Waals surface area contributed by atoms with Gasteiger partial charge in [-0.15, -0.1) is 0 Å². The van der Waals surface area contributed by atoms with Crippen molar-refractivity contribution < 1.29 is 9.63 Å². The van der Waals surface area contributed by atoms with Gasteiger partial charge in [-0.1, -0.05) is 12.1 Å². The van der Waals surface area contributed by atoms with Gasteiger partial charge >= 0.3 is 0 Å². The van der Waals surface area contributed by atoms with Crippen LogP contribution in [0.2, 0.25) is 0 Å². The topological polar surface area (TPSA) is 59.7 Å². The predicted octanol–water partition coefficient (Wildman–Crippen LogP) is 1.96. The number of hydrogen-bond acceptors (Lipinski definition) is 4. The Bertz CT molecular complexity index is 585. The highest BCUT2D eigenvalue weighted by Crippen LogP contribution is 2.23. The van der Waals surface area contributed by atoms with E-state index in [-0.39, 0.29) is 5.91 Å². The lowest BCUT2D eigenvalue weighted by molar-refractivity contribution is -0.143. The number of likely N-dealkylation sites (tertiary alicyclic amines) is 1. The summed E-state index contributed by atoms with van der Waals surface area (Å²) in [4.78, 5) is 19.9. The van der Waals surface area contributed by atoms with Gasteiger partial charge in [-0.3, -0.25) is 9.48 Å². The highest BCUT2D eigenvalue weighted by molar-refractivity contribution is 6.04. The molecule has 1 aromatic rings. The van der Waals surface area contributed by atoms with E-state index in [2.05, 4.69) is 17.2 Å². The standard InChI is InChI=1S/C16H24N4O2/c1-4-20-10-13(12(3)17-20)14-9-15(22-18-14)16(21)19-7-5-11(2)6-8-19/h10-11,15H,4-9H2,1-3H3/t15-/m0/s1. The fourth-order valence-electron chi connectivity index (χ4n) is 3.06. The van der Waals surface area contributed by atoms with Gasteiger partial charge in [0.2, 0.25) is 6.10 Å². The summed E-state index contributed by atoms with van der Waals surface area (Å²) in [5.41, 5.74) is 2.76. The maximum atomic E-state index is 12.5. The normalized spacial score (nSPS) is 22.6. The van der Waals surface area contributed by atoms with Crippen molar-refractivity contribution in [3.63, 3.8) is 0 Å². The summed E-state index contributed by atoms with van der Waals surface area (Å²) in [5.74, 6) is 0.786. The van der Waals surface area contributed by atoms with E-state index in [9.17, 15) is 4.79 Å². The number of aryl methyl sites for hydroxylation is 2. The average molecular weight is 304 g/mol. The number of rotatable bonds is 3. The molecule has 0 saturated carbocycles. The first kappa shape index (κ1) is 15.1. The second-order valence-electron chi connectivity index (χ2n) is 6.33. The minimum atomic E-state index is -0.465. The van der Waals surface area contributed by atoms with Crippen LogP contribution in [0.3, 0.4) is 0 Å². The molecule has 2 aliphatic rings. The maximum absolute atomic E-state index is 12.5. The summed E-state index contributed by atoms with van der Waals surface area (Å²) < 4.78 is 1.88. The fourth-order valence-corrected chi connectivity index (χ4v) is 3.06. The fraction of sp³-hybridized carbons (Fsp3) is 0.688. The van der Waals surface area contributed by atoms with Gasteiger partial charge in [0.15, 0.2) is 0 Å². The Morgan fingerprint density at radius 3 is 2.77 bits per heavy atom. The summed E-state index contributed by atoms with van der Waals surface area (Å²) in [6, 6.07) is 0. The Morgan fingerprint density at radius 2 is 2.14 bits per heavy atom. The number of piperidine rings is 1. The van der Waals surface area contributed by atoms with Crippen LogP contribution in [0, 0.1) is 12.8 Å². The first-order valence-electron chi connectivity index (χ1n) is 8.14. The Hall–Kier alpha value is -1.85. The van der Waals surface area contributed by atoms with E-state index in [1.54, 1.807) is 0 Å². The molecule has 0 unspecified atom stereocenters. The van der Waals surface area contributed by atoms with Crippen LogP contribution in [0.5, 0.6) is 0 Å². The van der Waals surface area contributed by atoms with E-state index < -0.39 is 6.10 Å². The number of carbonyl (C=O) groups excluding carboxylic acids is 1. The average Bonchev–Trinajstić information content (AvgIpc) is 3.13. The molecule has 0 radical (unpaired) electrons. The zero-order valence-electron chi connectivity index (χ0n) is 13.6. The first-order valence-corrected chi connectivity index (χ1v) is 8.14. The van der Waals surface area contributed by atoms with Gasteiger partial charge in [0, 0.05) is 37.8 Å². The minimum absolute atomic E-state index is 0.0752. The van der Waals surface area contributed by atoms with E-state index in [0.29, 0.717) is 12.3 Å². The highest BCUT2D eigenvalue weighted by atomic mass is 16.6. The summed E-state index contributed by atoms with van der Waals surface area (Å²) in [6.45, 7) is 8.74. The van der Waals surface area contributed by atoms with Crippen LogP contribution in [0.25, 0.3) is 0 Å². The quantitative estimate of drug-likeness (QED) is 0.857. The second-order valence-corrected chi connectivity index (χ2v) is 6.33. The van der Waals surface area contributed by atoms with E-state index in [1.807, 2.05) is 29.6 Å². The third-order valence-electron chi connectivity index (χ3n) is 4.62. The molecule has 2 aliphatic heterocycles. The SMILES string of the molecule is CCn1cc(C2=NO[C@H](C(=O)N3CCC(C)CC3)C2)c(C)n1. The van der Waals surface area contributed by atoms with Gasteiger partial charge < -0.3 is 9.74 Å². The van der Waals surface area contributed by atoms with Gasteiger partial charge in [-0.05, 0) is 32.6 Å². The minimum Gasteiger partial charge on any atom is -0.382 e. The molecule has 1 amide bonds. The highest BCUT2D eigenvalue weighted by Gasteiger charge is 2.34. The predicted molar refractivity (Wildman–Crippen MR) is 83.6 cm³/mol. The van der Waals surface area contributed by atoms with Gasteiger partial charge in [0.1, 0.15) is 0 Å². The van der Waals surface area contributed by atoms with Crippen molar-refractivity contribution >= 4 is 11.6 Å². The second kappa shape index (κ2) is 6.10. The molecule has 0 aliphatic carbocycles. The lowest BCUT2D eigenvalue weighted by Gasteiger charge is -2.31. The Morgan fingerprint density at radius 1 is 1.41 bits per heavy atom. The molecule has 0 spiro atoms. The van der Waals surface area contributed by atoms with Crippen molar-refractivity contribution in [3.05, 3.63) is 17.5 Å².